The fourth-order valence-corrected chi connectivity index (χ4v) is 1.48. The third-order valence-electron chi connectivity index (χ3n) is 1.48. The number of alkyl halides is 3. The molecular weight excluding hydrogens is 235 g/mol. The molecule has 4 nitrogen and oxygen atoms in total. The minimum absolute atomic E-state index is 0.0237. The topological polar surface area (TPSA) is 69.4 Å². The zero-order chi connectivity index (χ0) is 11.9. The molecule has 0 bridgehead atoms. The summed E-state index contributed by atoms with van der Waals surface area (Å²) in [4.78, 5) is 0. The van der Waals surface area contributed by atoms with Gasteiger partial charge in [-0.3, -0.25) is 0 Å². The van der Waals surface area contributed by atoms with Gasteiger partial charge in [0.2, 0.25) is 10.0 Å². The van der Waals surface area contributed by atoms with Crippen molar-refractivity contribution in [1.29, 1.82) is 0 Å². The first-order chi connectivity index (χ1) is 6.71. The summed E-state index contributed by atoms with van der Waals surface area (Å²) >= 11 is 0. The van der Waals surface area contributed by atoms with Gasteiger partial charge in [0.15, 0.2) is 0 Å². The second kappa shape index (κ2) is 6.29. The smallest absolute Gasteiger partial charge is 0.372 e. The summed E-state index contributed by atoms with van der Waals surface area (Å²) in [6.07, 6.45) is -3.09. The molecule has 0 atom stereocenters. The lowest BCUT2D eigenvalue weighted by Gasteiger charge is -2.06. The van der Waals surface area contributed by atoms with E-state index in [1.807, 2.05) is 0 Å². The molecule has 2 N–H and O–H groups in total. The van der Waals surface area contributed by atoms with Gasteiger partial charge in [0.1, 0.15) is 6.61 Å². The van der Waals surface area contributed by atoms with Gasteiger partial charge >= 0.3 is 6.18 Å². The van der Waals surface area contributed by atoms with Crippen molar-refractivity contribution in [2.75, 3.05) is 19.0 Å². The molecule has 0 aliphatic heterocycles. The van der Waals surface area contributed by atoms with E-state index in [4.69, 9.17) is 5.14 Å². The van der Waals surface area contributed by atoms with Crippen LogP contribution in [0.25, 0.3) is 0 Å². The van der Waals surface area contributed by atoms with Crippen molar-refractivity contribution < 1.29 is 26.3 Å². The largest absolute Gasteiger partial charge is 0.411 e. The molecule has 0 amide bonds. The third kappa shape index (κ3) is 13.7. The van der Waals surface area contributed by atoms with Crippen LogP contribution in [0.3, 0.4) is 0 Å². The Morgan fingerprint density at radius 2 is 1.73 bits per heavy atom. The lowest BCUT2D eigenvalue weighted by molar-refractivity contribution is -0.174. The van der Waals surface area contributed by atoms with Gasteiger partial charge in [-0.1, -0.05) is 6.42 Å². The predicted octanol–water partition coefficient (Wildman–Crippen LogP) is 1.02. The minimum Gasteiger partial charge on any atom is -0.372 e. The molecule has 0 fully saturated rings. The highest BCUT2D eigenvalue weighted by Crippen LogP contribution is 2.14. The molecule has 0 rings (SSSR count). The van der Waals surface area contributed by atoms with Crippen LogP contribution in [-0.2, 0) is 14.8 Å². The third-order valence-corrected chi connectivity index (χ3v) is 2.34. The summed E-state index contributed by atoms with van der Waals surface area (Å²) in [5.74, 6) is -0.147. The maximum absolute atomic E-state index is 11.6. The number of rotatable bonds is 7. The molecule has 15 heavy (non-hydrogen) atoms. The molecule has 0 saturated heterocycles. The van der Waals surface area contributed by atoms with Gasteiger partial charge in [-0.25, -0.2) is 13.6 Å². The van der Waals surface area contributed by atoms with E-state index >= 15 is 0 Å². The van der Waals surface area contributed by atoms with Crippen LogP contribution in [-0.4, -0.2) is 33.6 Å². The Bertz CT molecular complexity index is 263. The zero-order valence-electron chi connectivity index (χ0n) is 8.09. The molecule has 0 unspecified atom stereocenters. The highest BCUT2D eigenvalue weighted by Gasteiger charge is 2.27. The van der Waals surface area contributed by atoms with E-state index in [0.29, 0.717) is 19.3 Å². The molecular formula is C7H14F3NO3S. The summed E-state index contributed by atoms with van der Waals surface area (Å²) in [6.45, 7) is -1.29. The van der Waals surface area contributed by atoms with Crippen LogP contribution in [0, 0.1) is 0 Å². The van der Waals surface area contributed by atoms with Gasteiger partial charge in [-0.2, -0.15) is 13.2 Å². The maximum atomic E-state index is 11.6. The average molecular weight is 249 g/mol. The van der Waals surface area contributed by atoms with Gasteiger partial charge in [0.05, 0.1) is 5.75 Å². The lowest BCUT2D eigenvalue weighted by atomic mass is 10.3. The minimum atomic E-state index is -4.30. The van der Waals surface area contributed by atoms with Crippen molar-refractivity contribution in [2.45, 2.75) is 25.4 Å². The number of hydrogen-bond donors (Lipinski definition) is 1. The Morgan fingerprint density at radius 1 is 1.13 bits per heavy atom. The number of nitrogens with two attached hydrogens (primary N) is 1. The van der Waals surface area contributed by atoms with Crippen LogP contribution in [0.5, 0.6) is 0 Å². The van der Waals surface area contributed by atoms with Crippen LogP contribution in [0.2, 0.25) is 0 Å². The Balaban J connectivity index is 3.27. The van der Waals surface area contributed by atoms with Gasteiger partial charge in [0.25, 0.3) is 0 Å². The summed E-state index contributed by atoms with van der Waals surface area (Å²) in [6, 6.07) is 0. The number of hydrogen-bond acceptors (Lipinski definition) is 3. The van der Waals surface area contributed by atoms with Crippen LogP contribution >= 0.6 is 0 Å². The Kier molecular flexibility index (Phi) is 6.15. The molecule has 0 aliphatic rings. The normalized spacial score (nSPS) is 13.1. The molecule has 0 aromatic carbocycles. The van der Waals surface area contributed by atoms with E-state index in [0.717, 1.165) is 0 Å². The molecule has 0 aliphatic carbocycles. The standard InChI is InChI=1S/C7H14F3NO3S/c8-7(9,10)6-14-4-2-1-3-5-15(11,12)13/h1-6H2,(H2,11,12,13). The summed E-state index contributed by atoms with van der Waals surface area (Å²) in [5, 5.41) is 4.73. The zero-order valence-corrected chi connectivity index (χ0v) is 8.90. The molecule has 0 heterocycles. The van der Waals surface area contributed by atoms with E-state index in [2.05, 4.69) is 4.74 Å². The molecule has 8 heteroatoms. The molecule has 0 radical (unpaired) electrons. The summed E-state index contributed by atoms with van der Waals surface area (Å²) < 4.78 is 59.9. The number of ether oxygens (including phenoxy) is 1. The lowest BCUT2D eigenvalue weighted by Crippen LogP contribution is -2.18. The molecule has 92 valence electrons. The summed E-state index contributed by atoms with van der Waals surface area (Å²) in [5.41, 5.74) is 0. The van der Waals surface area contributed by atoms with Crippen LogP contribution < -0.4 is 5.14 Å². The van der Waals surface area contributed by atoms with Crippen molar-refractivity contribution >= 4 is 10.0 Å². The first kappa shape index (κ1) is 14.7. The second-order valence-electron chi connectivity index (χ2n) is 3.10. The fourth-order valence-electron chi connectivity index (χ4n) is 0.872. The van der Waals surface area contributed by atoms with Crippen LogP contribution in [0.4, 0.5) is 13.2 Å². The van der Waals surface area contributed by atoms with Gasteiger partial charge in [-0.15, -0.1) is 0 Å². The Morgan fingerprint density at radius 3 is 2.20 bits per heavy atom. The van der Waals surface area contributed by atoms with E-state index < -0.39 is 22.8 Å². The first-order valence-corrected chi connectivity index (χ1v) is 6.07. The maximum Gasteiger partial charge on any atom is 0.411 e. The quantitative estimate of drug-likeness (QED) is 0.685. The molecule has 0 spiro atoms. The van der Waals surface area contributed by atoms with Crippen LogP contribution in [0.15, 0.2) is 0 Å². The highest BCUT2D eigenvalue weighted by atomic mass is 32.2. The summed E-state index contributed by atoms with van der Waals surface area (Å²) in [7, 11) is -3.46. The number of unbranched alkanes of at least 4 members (excludes halogenated alkanes) is 2. The van der Waals surface area contributed by atoms with E-state index in [-0.39, 0.29) is 12.4 Å². The first-order valence-electron chi connectivity index (χ1n) is 4.36. The van der Waals surface area contributed by atoms with Crippen LogP contribution in [0.1, 0.15) is 19.3 Å². The highest BCUT2D eigenvalue weighted by molar-refractivity contribution is 7.89. The average Bonchev–Trinajstić information content (AvgIpc) is 1.98. The van der Waals surface area contributed by atoms with Gasteiger partial charge < -0.3 is 4.74 Å². The number of halogens is 3. The number of primary sulfonamides is 1. The SMILES string of the molecule is NS(=O)(=O)CCCCCOCC(F)(F)F. The Hall–Kier alpha value is -0.340. The molecule has 0 saturated carbocycles. The monoisotopic (exact) mass is 249 g/mol. The number of sulfonamides is 1. The van der Waals surface area contributed by atoms with E-state index in [9.17, 15) is 21.6 Å². The van der Waals surface area contributed by atoms with Crippen molar-refractivity contribution in [1.82, 2.24) is 0 Å². The molecule has 0 aromatic heterocycles. The van der Waals surface area contributed by atoms with E-state index in [1.54, 1.807) is 0 Å². The van der Waals surface area contributed by atoms with Crippen molar-refractivity contribution in [3.8, 4) is 0 Å². The van der Waals surface area contributed by atoms with Crippen molar-refractivity contribution in [2.24, 2.45) is 5.14 Å². The van der Waals surface area contributed by atoms with Crippen molar-refractivity contribution in [3.05, 3.63) is 0 Å². The fraction of sp³-hybridized carbons (Fsp3) is 1.00. The van der Waals surface area contributed by atoms with Gasteiger partial charge in [0, 0.05) is 6.61 Å². The van der Waals surface area contributed by atoms with E-state index in [1.165, 1.54) is 0 Å². The second-order valence-corrected chi connectivity index (χ2v) is 4.83. The molecule has 0 aromatic rings. The van der Waals surface area contributed by atoms with Crippen molar-refractivity contribution in [3.63, 3.8) is 0 Å². The Labute approximate surface area is 86.6 Å². The van der Waals surface area contributed by atoms with Gasteiger partial charge in [-0.05, 0) is 12.8 Å². The predicted molar refractivity (Wildman–Crippen MR) is 48.7 cm³/mol.